The summed E-state index contributed by atoms with van der Waals surface area (Å²) in [6, 6.07) is 7.07. The molecular weight excluding hydrogens is 286 g/mol. The van der Waals surface area contributed by atoms with Crippen molar-refractivity contribution >= 4 is 10.0 Å². The van der Waals surface area contributed by atoms with E-state index in [4.69, 9.17) is 5.11 Å². The molecule has 5 heteroatoms. The SMILES string of the molecule is O=S(=O)(Cc1cccc(CO)c1)NCCC1CCCCC1. The number of benzene rings is 1. The van der Waals surface area contributed by atoms with Crippen molar-refractivity contribution in [3.05, 3.63) is 35.4 Å². The fraction of sp³-hybridized carbons (Fsp3) is 0.625. The Morgan fingerprint density at radius 3 is 2.57 bits per heavy atom. The highest BCUT2D eigenvalue weighted by molar-refractivity contribution is 7.88. The van der Waals surface area contributed by atoms with Gasteiger partial charge in [0.15, 0.2) is 0 Å². The number of sulfonamides is 1. The van der Waals surface area contributed by atoms with E-state index in [1.54, 1.807) is 24.3 Å². The van der Waals surface area contributed by atoms with Crippen LogP contribution in [0.25, 0.3) is 0 Å². The monoisotopic (exact) mass is 311 g/mol. The van der Waals surface area contributed by atoms with Gasteiger partial charge >= 0.3 is 0 Å². The molecule has 2 N–H and O–H groups in total. The quantitative estimate of drug-likeness (QED) is 0.813. The van der Waals surface area contributed by atoms with E-state index in [-0.39, 0.29) is 12.4 Å². The maximum atomic E-state index is 12.1. The molecule has 0 spiro atoms. The summed E-state index contributed by atoms with van der Waals surface area (Å²) in [4.78, 5) is 0. The van der Waals surface area contributed by atoms with Crippen LogP contribution in [0.4, 0.5) is 0 Å². The Bertz CT molecular complexity index is 536. The van der Waals surface area contributed by atoms with Gasteiger partial charge in [-0.05, 0) is 23.5 Å². The Labute approximate surface area is 127 Å². The lowest BCUT2D eigenvalue weighted by Gasteiger charge is -2.21. The van der Waals surface area contributed by atoms with Gasteiger partial charge in [0.2, 0.25) is 10.0 Å². The second-order valence-electron chi connectivity index (χ2n) is 5.92. The topological polar surface area (TPSA) is 66.4 Å². The smallest absolute Gasteiger partial charge is 0.215 e. The molecule has 1 saturated carbocycles. The third-order valence-corrected chi connectivity index (χ3v) is 5.49. The summed E-state index contributed by atoms with van der Waals surface area (Å²) in [6.45, 7) is 0.468. The van der Waals surface area contributed by atoms with Crippen molar-refractivity contribution in [1.29, 1.82) is 0 Å². The lowest BCUT2D eigenvalue weighted by molar-refractivity contribution is 0.282. The Balaban J connectivity index is 1.80. The summed E-state index contributed by atoms with van der Waals surface area (Å²) in [5.74, 6) is 0.657. The van der Waals surface area contributed by atoms with Crippen LogP contribution in [0.2, 0.25) is 0 Å². The zero-order valence-corrected chi connectivity index (χ0v) is 13.2. The van der Waals surface area contributed by atoms with E-state index in [0.29, 0.717) is 18.0 Å². The average molecular weight is 311 g/mol. The largest absolute Gasteiger partial charge is 0.392 e. The van der Waals surface area contributed by atoms with Crippen LogP contribution in [0.1, 0.15) is 49.7 Å². The summed E-state index contributed by atoms with van der Waals surface area (Å²) in [5, 5.41) is 9.08. The number of rotatable bonds is 7. The number of hydrogen-bond acceptors (Lipinski definition) is 3. The van der Waals surface area contributed by atoms with E-state index in [9.17, 15) is 8.42 Å². The number of aliphatic hydroxyl groups is 1. The summed E-state index contributed by atoms with van der Waals surface area (Å²) in [6.07, 6.45) is 7.30. The van der Waals surface area contributed by atoms with Gasteiger partial charge in [-0.3, -0.25) is 0 Å². The average Bonchev–Trinajstić information content (AvgIpc) is 2.48. The van der Waals surface area contributed by atoms with Crippen LogP contribution in [0.3, 0.4) is 0 Å². The molecule has 4 nitrogen and oxygen atoms in total. The predicted octanol–water partition coefficient (Wildman–Crippen LogP) is 2.57. The van der Waals surface area contributed by atoms with Crippen molar-refractivity contribution in [2.45, 2.75) is 50.9 Å². The van der Waals surface area contributed by atoms with Gasteiger partial charge in [-0.25, -0.2) is 13.1 Å². The molecule has 0 unspecified atom stereocenters. The predicted molar refractivity (Wildman–Crippen MR) is 84.2 cm³/mol. The van der Waals surface area contributed by atoms with Crippen LogP contribution in [0.5, 0.6) is 0 Å². The summed E-state index contributed by atoms with van der Waals surface area (Å²) in [7, 11) is -3.29. The lowest BCUT2D eigenvalue weighted by atomic mass is 9.87. The molecule has 21 heavy (non-hydrogen) atoms. The second-order valence-corrected chi connectivity index (χ2v) is 7.73. The third kappa shape index (κ3) is 5.77. The minimum Gasteiger partial charge on any atom is -0.392 e. The first-order chi connectivity index (χ1) is 10.1. The van der Waals surface area contributed by atoms with E-state index in [1.807, 2.05) is 0 Å². The molecular formula is C16H25NO3S. The molecule has 0 amide bonds. The Morgan fingerprint density at radius 1 is 1.14 bits per heavy atom. The van der Waals surface area contributed by atoms with E-state index in [2.05, 4.69) is 4.72 Å². The number of aliphatic hydroxyl groups excluding tert-OH is 1. The molecule has 1 aliphatic rings. The van der Waals surface area contributed by atoms with Gasteiger partial charge in [0.25, 0.3) is 0 Å². The molecule has 1 aromatic carbocycles. The van der Waals surface area contributed by atoms with Crippen molar-refractivity contribution in [3.8, 4) is 0 Å². The van der Waals surface area contributed by atoms with Crippen molar-refractivity contribution in [2.75, 3.05) is 6.54 Å². The highest BCUT2D eigenvalue weighted by atomic mass is 32.2. The maximum absolute atomic E-state index is 12.1. The van der Waals surface area contributed by atoms with Crippen LogP contribution in [-0.2, 0) is 22.4 Å². The molecule has 0 radical (unpaired) electrons. The molecule has 1 aromatic rings. The van der Waals surface area contributed by atoms with Gasteiger partial charge in [0.1, 0.15) is 0 Å². The Morgan fingerprint density at radius 2 is 1.86 bits per heavy atom. The van der Waals surface area contributed by atoms with Crippen LogP contribution >= 0.6 is 0 Å². The van der Waals surface area contributed by atoms with Gasteiger partial charge < -0.3 is 5.11 Å². The van der Waals surface area contributed by atoms with Crippen molar-refractivity contribution < 1.29 is 13.5 Å². The fourth-order valence-electron chi connectivity index (χ4n) is 2.98. The first-order valence-electron chi connectivity index (χ1n) is 7.75. The third-order valence-electron chi connectivity index (χ3n) is 4.13. The van der Waals surface area contributed by atoms with Crippen LogP contribution in [0, 0.1) is 5.92 Å². The minimum absolute atomic E-state index is 0.0223. The zero-order valence-electron chi connectivity index (χ0n) is 12.4. The summed E-state index contributed by atoms with van der Waals surface area (Å²) in [5.41, 5.74) is 1.46. The van der Waals surface area contributed by atoms with Gasteiger partial charge in [0.05, 0.1) is 12.4 Å². The van der Waals surface area contributed by atoms with E-state index in [0.717, 1.165) is 12.0 Å². The molecule has 118 valence electrons. The highest BCUT2D eigenvalue weighted by Crippen LogP contribution is 2.25. The summed E-state index contributed by atoms with van der Waals surface area (Å²) >= 11 is 0. The molecule has 0 saturated heterocycles. The Hall–Kier alpha value is -0.910. The van der Waals surface area contributed by atoms with Gasteiger partial charge in [-0.15, -0.1) is 0 Å². The van der Waals surface area contributed by atoms with Crippen LogP contribution in [0.15, 0.2) is 24.3 Å². The molecule has 1 fully saturated rings. The second kappa shape index (κ2) is 7.92. The molecule has 0 atom stereocenters. The summed E-state index contributed by atoms with van der Waals surface area (Å²) < 4.78 is 26.8. The van der Waals surface area contributed by atoms with E-state index < -0.39 is 10.0 Å². The van der Waals surface area contributed by atoms with Crippen LogP contribution < -0.4 is 4.72 Å². The first-order valence-corrected chi connectivity index (χ1v) is 9.40. The normalized spacial score (nSPS) is 17.0. The number of nitrogens with one attached hydrogen (secondary N) is 1. The molecule has 0 bridgehead atoms. The van der Waals surface area contributed by atoms with E-state index in [1.165, 1.54) is 32.1 Å². The lowest BCUT2D eigenvalue weighted by Crippen LogP contribution is -2.27. The van der Waals surface area contributed by atoms with Crippen molar-refractivity contribution in [2.24, 2.45) is 5.92 Å². The fourth-order valence-corrected chi connectivity index (χ4v) is 4.13. The maximum Gasteiger partial charge on any atom is 0.215 e. The molecule has 1 aliphatic carbocycles. The highest BCUT2D eigenvalue weighted by Gasteiger charge is 2.15. The Kier molecular flexibility index (Phi) is 6.21. The van der Waals surface area contributed by atoms with Gasteiger partial charge in [0, 0.05) is 6.54 Å². The standard InChI is InChI=1S/C16H25NO3S/c18-12-15-7-4-8-16(11-15)13-21(19,20)17-10-9-14-5-2-1-3-6-14/h4,7-8,11,14,17-18H,1-3,5-6,9-10,12-13H2. The molecule has 0 aliphatic heterocycles. The molecule has 2 rings (SSSR count). The zero-order chi connectivity index (χ0) is 15.1. The van der Waals surface area contributed by atoms with Gasteiger partial charge in [-0.2, -0.15) is 0 Å². The molecule has 0 heterocycles. The molecule has 0 aromatic heterocycles. The van der Waals surface area contributed by atoms with Crippen molar-refractivity contribution in [3.63, 3.8) is 0 Å². The van der Waals surface area contributed by atoms with Gasteiger partial charge in [-0.1, -0.05) is 56.4 Å². The number of hydrogen-bond donors (Lipinski definition) is 2. The minimum atomic E-state index is -3.29. The van der Waals surface area contributed by atoms with Crippen molar-refractivity contribution in [1.82, 2.24) is 4.72 Å². The van der Waals surface area contributed by atoms with E-state index >= 15 is 0 Å². The van der Waals surface area contributed by atoms with Crippen LogP contribution in [-0.4, -0.2) is 20.1 Å². The first kappa shape index (κ1) is 16.5.